The smallest absolute Gasteiger partial charge is 0.330 e. The van der Waals surface area contributed by atoms with E-state index >= 15 is 0 Å². The van der Waals surface area contributed by atoms with Crippen LogP contribution < -0.4 is 0 Å². The third kappa shape index (κ3) is 4.63. The van der Waals surface area contributed by atoms with Crippen LogP contribution in [-0.4, -0.2) is 60.5 Å². The minimum Gasteiger partial charge on any atom is -0.472 e. The monoisotopic (exact) mass is 612 g/mol. The summed E-state index contributed by atoms with van der Waals surface area (Å²) in [5, 5.41) is 0. The first kappa shape index (κ1) is 32.0. The topological polar surface area (TPSA) is 131 Å². The molecule has 240 valence electrons. The Labute approximate surface area is 258 Å². The highest BCUT2D eigenvalue weighted by Gasteiger charge is 2.84. The van der Waals surface area contributed by atoms with E-state index in [4.69, 9.17) is 28.1 Å². The maximum Gasteiger partial charge on any atom is 0.330 e. The fourth-order valence-corrected chi connectivity index (χ4v) is 8.70. The number of methoxy groups -OCH3 is 1. The van der Waals surface area contributed by atoms with E-state index in [1.165, 1.54) is 20.1 Å². The Morgan fingerprint density at radius 1 is 1.16 bits per heavy atom. The van der Waals surface area contributed by atoms with E-state index in [-0.39, 0.29) is 18.4 Å². The summed E-state index contributed by atoms with van der Waals surface area (Å²) in [5.74, 6) is -4.03. The fraction of sp³-hybridized carbons (Fsp3) is 0.647. The van der Waals surface area contributed by atoms with Crippen molar-refractivity contribution < 1.29 is 47.3 Å². The van der Waals surface area contributed by atoms with Gasteiger partial charge in [-0.05, 0) is 43.9 Å². The molecule has 10 heteroatoms. The summed E-state index contributed by atoms with van der Waals surface area (Å²) in [7, 11) is 1.30. The molecule has 44 heavy (non-hydrogen) atoms. The van der Waals surface area contributed by atoms with Gasteiger partial charge in [0.25, 0.3) is 0 Å². The van der Waals surface area contributed by atoms with Gasteiger partial charge in [0.15, 0.2) is 0 Å². The molecule has 2 saturated carbocycles. The quantitative estimate of drug-likeness (QED) is 0.170. The molecule has 4 aliphatic rings. The third-order valence-electron chi connectivity index (χ3n) is 11.1. The van der Waals surface area contributed by atoms with Crippen LogP contribution in [0.3, 0.4) is 0 Å². The first-order valence-corrected chi connectivity index (χ1v) is 15.3. The Morgan fingerprint density at radius 3 is 2.45 bits per heavy atom. The molecule has 0 unspecified atom stereocenters. The summed E-state index contributed by atoms with van der Waals surface area (Å²) < 4.78 is 35.6. The van der Waals surface area contributed by atoms with E-state index in [1.807, 2.05) is 26.8 Å². The number of epoxide rings is 1. The Morgan fingerprint density at radius 2 is 1.86 bits per heavy atom. The molecule has 1 aromatic rings. The zero-order valence-electron chi connectivity index (χ0n) is 26.8. The van der Waals surface area contributed by atoms with Crippen molar-refractivity contribution in [3.05, 3.63) is 48.5 Å². The predicted octanol–water partition coefficient (Wildman–Crippen LogP) is 5.06. The molecular weight excluding hydrogens is 568 g/mol. The van der Waals surface area contributed by atoms with Crippen molar-refractivity contribution in [3.63, 3.8) is 0 Å². The van der Waals surface area contributed by atoms with Gasteiger partial charge in [0, 0.05) is 36.2 Å². The third-order valence-corrected chi connectivity index (χ3v) is 11.1. The molecule has 10 atom stereocenters. The minimum atomic E-state index is -1.15. The Balaban J connectivity index is 1.75. The summed E-state index contributed by atoms with van der Waals surface area (Å²) in [6.45, 7) is 17.1. The van der Waals surface area contributed by atoms with E-state index < -0.39 is 75.9 Å². The molecule has 1 saturated heterocycles. The van der Waals surface area contributed by atoms with Gasteiger partial charge in [0.05, 0.1) is 43.5 Å². The van der Waals surface area contributed by atoms with Crippen molar-refractivity contribution >= 4 is 23.9 Å². The first-order chi connectivity index (χ1) is 20.6. The van der Waals surface area contributed by atoms with Crippen molar-refractivity contribution in [1.82, 2.24) is 0 Å². The normalized spacial score (nSPS) is 39.3. The maximum atomic E-state index is 13.6. The van der Waals surface area contributed by atoms with Crippen LogP contribution in [0.15, 0.2) is 47.3 Å². The summed E-state index contributed by atoms with van der Waals surface area (Å²) in [4.78, 5) is 52.3. The van der Waals surface area contributed by atoms with Crippen LogP contribution in [0, 0.1) is 28.6 Å². The van der Waals surface area contributed by atoms with Crippen molar-refractivity contribution in [2.24, 2.45) is 28.6 Å². The highest BCUT2D eigenvalue weighted by atomic mass is 16.6. The number of hydrogen-bond donors (Lipinski definition) is 0. The van der Waals surface area contributed by atoms with Crippen LogP contribution in [0.2, 0.25) is 0 Å². The van der Waals surface area contributed by atoms with Gasteiger partial charge in [0.2, 0.25) is 0 Å². The lowest BCUT2D eigenvalue weighted by molar-refractivity contribution is -0.211. The van der Waals surface area contributed by atoms with Crippen LogP contribution in [0.5, 0.6) is 0 Å². The van der Waals surface area contributed by atoms with Gasteiger partial charge < -0.3 is 28.1 Å². The molecule has 1 spiro atoms. The standard InChI is InChI=1S/C34H44O10/c1-10-18(2)30(38)42-29-28(41-20(4)35)27(32(7)13-11-25(36)44-31(5,6)23(32)16-26(37)39-9)19(3)34-24(43-34)15-22(33(29,34)8)21-12-14-40-17-21/h11-14,17-18,22-24,27-29H,3,10,15-16H2,1-2,4-9H3/t18-,22+,23+,24-,27-,28-,29+,32+,33-,34-/m1/s1. The van der Waals surface area contributed by atoms with Gasteiger partial charge in [-0.2, -0.15) is 0 Å². The molecule has 2 aliphatic carbocycles. The zero-order valence-corrected chi connectivity index (χ0v) is 26.8. The van der Waals surface area contributed by atoms with Gasteiger partial charge in [-0.15, -0.1) is 0 Å². The van der Waals surface area contributed by atoms with Crippen LogP contribution in [0.4, 0.5) is 0 Å². The number of ether oxygens (including phenoxy) is 5. The SMILES string of the molecule is C=C1[C@@H]([C@@]2(C)C=CC(=O)OC(C)(C)[C@@H]2CC(=O)OC)[C@@H](OC(C)=O)[C@H](OC(=O)[C@H](C)CC)[C@@]2(C)[C@H](c3ccoc3)C[C@H]3O[C@]132. The van der Waals surface area contributed by atoms with E-state index in [9.17, 15) is 19.2 Å². The molecule has 2 aliphatic heterocycles. The summed E-state index contributed by atoms with van der Waals surface area (Å²) in [6.07, 6.45) is 5.17. The highest BCUT2D eigenvalue weighted by molar-refractivity contribution is 5.83. The minimum absolute atomic E-state index is 0.0995. The van der Waals surface area contributed by atoms with Crippen molar-refractivity contribution in [2.45, 2.75) is 103 Å². The van der Waals surface area contributed by atoms with E-state index in [0.717, 1.165) is 5.56 Å². The second-order valence-electron chi connectivity index (χ2n) is 13.8. The van der Waals surface area contributed by atoms with E-state index in [2.05, 4.69) is 6.58 Å². The Hall–Kier alpha value is -3.40. The molecule has 0 radical (unpaired) electrons. The highest BCUT2D eigenvalue weighted by Crippen LogP contribution is 2.76. The number of cyclic esters (lactones) is 1. The predicted molar refractivity (Wildman–Crippen MR) is 157 cm³/mol. The van der Waals surface area contributed by atoms with Crippen molar-refractivity contribution in [1.29, 1.82) is 0 Å². The number of esters is 4. The van der Waals surface area contributed by atoms with E-state index in [0.29, 0.717) is 18.4 Å². The molecule has 5 rings (SSSR count). The molecule has 0 amide bonds. The summed E-state index contributed by atoms with van der Waals surface area (Å²) in [6, 6.07) is 1.89. The molecule has 0 N–H and O–H groups in total. The number of hydrogen-bond acceptors (Lipinski definition) is 10. The number of furan rings is 1. The largest absolute Gasteiger partial charge is 0.472 e. The number of carbonyl (C=O) groups excluding carboxylic acids is 4. The second kappa shape index (κ2) is 10.9. The molecular formula is C34H44O10. The van der Waals surface area contributed by atoms with Gasteiger partial charge >= 0.3 is 23.9 Å². The zero-order chi connectivity index (χ0) is 32.4. The van der Waals surface area contributed by atoms with E-state index in [1.54, 1.807) is 39.4 Å². The summed E-state index contributed by atoms with van der Waals surface area (Å²) >= 11 is 0. The van der Waals surface area contributed by atoms with Crippen LogP contribution in [0.25, 0.3) is 0 Å². The number of allylic oxidation sites excluding steroid dienone is 1. The van der Waals surface area contributed by atoms with Crippen LogP contribution >= 0.6 is 0 Å². The average molecular weight is 613 g/mol. The molecule has 0 bridgehead atoms. The maximum absolute atomic E-state index is 13.6. The fourth-order valence-electron chi connectivity index (χ4n) is 8.70. The lowest BCUT2D eigenvalue weighted by atomic mass is 9.48. The molecule has 3 fully saturated rings. The van der Waals surface area contributed by atoms with Gasteiger partial charge in [-0.25, -0.2) is 4.79 Å². The second-order valence-corrected chi connectivity index (χ2v) is 13.8. The van der Waals surface area contributed by atoms with Crippen LogP contribution in [0.1, 0.15) is 79.2 Å². The lowest BCUT2D eigenvalue weighted by Crippen LogP contribution is -2.66. The summed E-state index contributed by atoms with van der Waals surface area (Å²) in [5.41, 5.74) is -2.49. The average Bonchev–Trinajstić information content (AvgIpc) is 3.33. The van der Waals surface area contributed by atoms with Gasteiger partial charge in [-0.3, -0.25) is 14.4 Å². The van der Waals surface area contributed by atoms with Crippen molar-refractivity contribution in [2.75, 3.05) is 7.11 Å². The lowest BCUT2D eigenvalue weighted by Gasteiger charge is -2.58. The molecule has 3 heterocycles. The van der Waals surface area contributed by atoms with Gasteiger partial charge in [0.1, 0.15) is 23.4 Å². The number of rotatable bonds is 8. The molecule has 10 nitrogen and oxygen atoms in total. The Bertz CT molecular complexity index is 1380. The van der Waals surface area contributed by atoms with Crippen molar-refractivity contribution in [3.8, 4) is 0 Å². The Kier molecular flexibility index (Phi) is 7.92. The first-order valence-electron chi connectivity index (χ1n) is 15.3. The number of carbonyl (C=O) groups is 4. The molecule has 0 aromatic carbocycles. The van der Waals surface area contributed by atoms with Gasteiger partial charge in [-0.1, -0.05) is 40.3 Å². The molecule has 1 aromatic heterocycles. The van der Waals surface area contributed by atoms with Crippen LogP contribution in [-0.2, 0) is 42.9 Å².